The summed E-state index contributed by atoms with van der Waals surface area (Å²) in [5.74, 6) is 0.755. The first-order chi connectivity index (χ1) is 7.67. The molecule has 16 heavy (non-hydrogen) atoms. The molecule has 2 nitrogen and oxygen atoms in total. The second-order valence-electron chi connectivity index (χ2n) is 4.54. The number of nitrogens with two attached hydrogens (primary N) is 1. The van der Waals surface area contributed by atoms with Crippen molar-refractivity contribution in [2.75, 3.05) is 18.8 Å². The summed E-state index contributed by atoms with van der Waals surface area (Å²) in [6.07, 6.45) is 1.24. The number of nitrogen functional groups attached to an aromatic ring is 1. The van der Waals surface area contributed by atoms with Crippen LogP contribution in [0.2, 0.25) is 0 Å². The third kappa shape index (κ3) is 3.86. The first kappa shape index (κ1) is 13.0. The highest BCUT2D eigenvalue weighted by Gasteiger charge is 2.09. The van der Waals surface area contributed by atoms with Gasteiger partial charge in [-0.05, 0) is 24.1 Å². The van der Waals surface area contributed by atoms with Crippen LogP contribution in [0.1, 0.15) is 32.8 Å². The van der Waals surface area contributed by atoms with Gasteiger partial charge in [0.1, 0.15) is 0 Å². The van der Waals surface area contributed by atoms with E-state index < -0.39 is 0 Å². The van der Waals surface area contributed by atoms with Crippen LogP contribution < -0.4 is 5.73 Å². The van der Waals surface area contributed by atoms with Crippen molar-refractivity contribution in [3.05, 3.63) is 29.8 Å². The monoisotopic (exact) mass is 220 g/mol. The van der Waals surface area contributed by atoms with Gasteiger partial charge in [-0.3, -0.25) is 4.90 Å². The van der Waals surface area contributed by atoms with Crippen molar-refractivity contribution >= 4 is 5.69 Å². The van der Waals surface area contributed by atoms with Crippen LogP contribution in [0.15, 0.2) is 24.3 Å². The van der Waals surface area contributed by atoms with Gasteiger partial charge >= 0.3 is 0 Å². The molecular formula is C14H24N2. The molecule has 1 unspecified atom stereocenters. The van der Waals surface area contributed by atoms with Gasteiger partial charge in [0.25, 0.3) is 0 Å². The van der Waals surface area contributed by atoms with Gasteiger partial charge < -0.3 is 5.73 Å². The summed E-state index contributed by atoms with van der Waals surface area (Å²) < 4.78 is 0. The molecule has 0 aliphatic rings. The molecule has 0 amide bonds. The molecule has 1 atom stereocenters. The van der Waals surface area contributed by atoms with Crippen LogP contribution in [0.25, 0.3) is 0 Å². The molecule has 0 aliphatic carbocycles. The average Bonchev–Trinajstić information content (AvgIpc) is 2.30. The number of hydrogen-bond acceptors (Lipinski definition) is 2. The number of anilines is 1. The highest BCUT2D eigenvalue weighted by molar-refractivity contribution is 5.46. The van der Waals surface area contributed by atoms with Crippen molar-refractivity contribution in [3.8, 4) is 0 Å². The Morgan fingerprint density at radius 1 is 1.25 bits per heavy atom. The van der Waals surface area contributed by atoms with Crippen LogP contribution in [0, 0.1) is 5.92 Å². The molecule has 0 bridgehead atoms. The quantitative estimate of drug-likeness (QED) is 0.746. The molecule has 0 saturated carbocycles. The van der Waals surface area contributed by atoms with Gasteiger partial charge in [0.15, 0.2) is 0 Å². The molecule has 0 radical (unpaired) electrons. The van der Waals surface area contributed by atoms with Gasteiger partial charge in [-0.15, -0.1) is 0 Å². The lowest BCUT2D eigenvalue weighted by Crippen LogP contribution is -2.28. The Kier molecular flexibility index (Phi) is 5.33. The smallest absolute Gasteiger partial charge is 0.0359 e. The number of hydrogen-bond donors (Lipinski definition) is 1. The van der Waals surface area contributed by atoms with E-state index in [-0.39, 0.29) is 0 Å². The van der Waals surface area contributed by atoms with Crippen LogP contribution >= 0.6 is 0 Å². The summed E-state index contributed by atoms with van der Waals surface area (Å²) >= 11 is 0. The van der Waals surface area contributed by atoms with Gasteiger partial charge in [-0.25, -0.2) is 0 Å². The van der Waals surface area contributed by atoms with Crippen molar-refractivity contribution in [2.24, 2.45) is 5.92 Å². The molecule has 0 saturated heterocycles. The zero-order valence-corrected chi connectivity index (χ0v) is 10.7. The molecule has 0 aromatic heterocycles. The maximum atomic E-state index is 5.96. The highest BCUT2D eigenvalue weighted by Crippen LogP contribution is 2.14. The van der Waals surface area contributed by atoms with Gasteiger partial charge in [0.2, 0.25) is 0 Å². The Morgan fingerprint density at radius 3 is 2.50 bits per heavy atom. The summed E-state index contributed by atoms with van der Waals surface area (Å²) in [4.78, 5) is 2.46. The number of rotatable bonds is 6. The van der Waals surface area contributed by atoms with Crippen LogP contribution in [0.5, 0.6) is 0 Å². The van der Waals surface area contributed by atoms with E-state index in [0.29, 0.717) is 0 Å². The average molecular weight is 220 g/mol. The number of benzene rings is 1. The summed E-state index contributed by atoms with van der Waals surface area (Å²) in [5, 5.41) is 0. The maximum Gasteiger partial charge on any atom is 0.0359 e. The molecule has 0 spiro atoms. The van der Waals surface area contributed by atoms with E-state index in [9.17, 15) is 0 Å². The van der Waals surface area contributed by atoms with E-state index in [2.05, 4.69) is 37.8 Å². The Hall–Kier alpha value is -1.02. The molecule has 0 aliphatic heterocycles. The topological polar surface area (TPSA) is 29.3 Å². The van der Waals surface area contributed by atoms with Gasteiger partial charge in [-0.2, -0.15) is 0 Å². The molecule has 90 valence electrons. The zero-order valence-electron chi connectivity index (χ0n) is 10.7. The predicted molar refractivity (Wildman–Crippen MR) is 71.3 cm³/mol. The van der Waals surface area contributed by atoms with E-state index >= 15 is 0 Å². The van der Waals surface area contributed by atoms with Gasteiger partial charge in [0.05, 0.1) is 0 Å². The largest absolute Gasteiger partial charge is 0.398 e. The lowest BCUT2D eigenvalue weighted by atomic mass is 10.1. The summed E-state index contributed by atoms with van der Waals surface area (Å²) in [6, 6.07) is 8.15. The summed E-state index contributed by atoms with van der Waals surface area (Å²) in [6.45, 7) is 9.96. The summed E-state index contributed by atoms with van der Waals surface area (Å²) in [7, 11) is 0. The molecule has 1 aromatic carbocycles. The minimum Gasteiger partial charge on any atom is -0.398 e. The third-order valence-electron chi connectivity index (χ3n) is 3.16. The highest BCUT2D eigenvalue weighted by atomic mass is 15.1. The molecule has 0 fully saturated rings. The first-order valence-electron chi connectivity index (χ1n) is 6.23. The molecule has 0 heterocycles. The van der Waals surface area contributed by atoms with Crippen molar-refractivity contribution in [3.63, 3.8) is 0 Å². The van der Waals surface area contributed by atoms with E-state index in [1.165, 1.54) is 12.0 Å². The Balaban J connectivity index is 2.60. The van der Waals surface area contributed by atoms with Gasteiger partial charge in [0, 0.05) is 18.8 Å². The minimum atomic E-state index is 0.755. The second kappa shape index (κ2) is 6.54. The number of nitrogens with zero attached hydrogens (tertiary/aromatic N) is 1. The minimum absolute atomic E-state index is 0.755. The predicted octanol–water partition coefficient (Wildman–Crippen LogP) is 3.14. The van der Waals surface area contributed by atoms with Crippen molar-refractivity contribution in [1.82, 2.24) is 4.90 Å². The SMILES string of the molecule is CCC(C)CN(CC)Cc1ccccc1N. The fourth-order valence-corrected chi connectivity index (χ4v) is 1.79. The maximum absolute atomic E-state index is 5.96. The van der Waals surface area contributed by atoms with Gasteiger partial charge in [-0.1, -0.05) is 45.4 Å². The standard InChI is InChI=1S/C14H24N2/c1-4-12(3)10-16(5-2)11-13-8-6-7-9-14(13)15/h6-9,12H,4-5,10-11,15H2,1-3H3. The van der Waals surface area contributed by atoms with E-state index in [0.717, 1.165) is 31.2 Å². The van der Waals surface area contributed by atoms with Crippen molar-refractivity contribution < 1.29 is 0 Å². The van der Waals surface area contributed by atoms with Crippen molar-refractivity contribution in [1.29, 1.82) is 0 Å². The lowest BCUT2D eigenvalue weighted by Gasteiger charge is -2.24. The van der Waals surface area contributed by atoms with E-state index in [4.69, 9.17) is 5.73 Å². The molecule has 1 rings (SSSR count). The molecule has 1 aromatic rings. The second-order valence-corrected chi connectivity index (χ2v) is 4.54. The van der Waals surface area contributed by atoms with Crippen LogP contribution in [-0.4, -0.2) is 18.0 Å². The Morgan fingerprint density at radius 2 is 1.94 bits per heavy atom. The molecule has 2 N–H and O–H groups in total. The zero-order chi connectivity index (χ0) is 12.0. The normalized spacial score (nSPS) is 13.0. The Labute approximate surface area is 99.5 Å². The van der Waals surface area contributed by atoms with Crippen LogP contribution in [-0.2, 0) is 6.54 Å². The lowest BCUT2D eigenvalue weighted by molar-refractivity contribution is 0.238. The fourth-order valence-electron chi connectivity index (χ4n) is 1.79. The van der Waals surface area contributed by atoms with Crippen LogP contribution in [0.3, 0.4) is 0 Å². The molecule has 2 heteroatoms. The number of para-hydroxylation sites is 1. The first-order valence-corrected chi connectivity index (χ1v) is 6.23. The van der Waals surface area contributed by atoms with E-state index in [1.807, 2.05) is 12.1 Å². The van der Waals surface area contributed by atoms with Crippen molar-refractivity contribution in [2.45, 2.75) is 33.7 Å². The van der Waals surface area contributed by atoms with Crippen LogP contribution in [0.4, 0.5) is 5.69 Å². The van der Waals surface area contributed by atoms with E-state index in [1.54, 1.807) is 0 Å². The molecular weight excluding hydrogens is 196 g/mol. The fraction of sp³-hybridized carbons (Fsp3) is 0.571. The third-order valence-corrected chi connectivity index (χ3v) is 3.16. The Bertz CT molecular complexity index is 309. The summed E-state index contributed by atoms with van der Waals surface area (Å²) in [5.41, 5.74) is 8.11.